The minimum atomic E-state index is -0.667. The Kier molecular flexibility index (Phi) is 11.4. The molecule has 0 saturated carbocycles. The van der Waals surface area contributed by atoms with Crippen LogP contribution in [0.15, 0.2) is 42.6 Å². The summed E-state index contributed by atoms with van der Waals surface area (Å²) in [6.07, 6.45) is 9.22. The molecular formula is C34H50N4O3. The average molecular weight is 563 g/mol. The van der Waals surface area contributed by atoms with E-state index in [1.54, 1.807) is 6.07 Å². The summed E-state index contributed by atoms with van der Waals surface area (Å²) in [5, 5.41) is 16.6. The number of piperidine rings is 1. The zero-order valence-electron chi connectivity index (χ0n) is 25.8. The number of carbonyl (C=O) groups excluding carboxylic acids is 1. The van der Waals surface area contributed by atoms with E-state index in [0.29, 0.717) is 17.4 Å². The van der Waals surface area contributed by atoms with Crippen molar-refractivity contribution in [3.8, 4) is 11.3 Å². The second kappa shape index (κ2) is 14.9. The number of aromatic nitrogens is 2. The number of likely N-dealkylation sites (tertiary alicyclic amines) is 1. The Morgan fingerprint density at radius 3 is 2.39 bits per heavy atom. The van der Waals surface area contributed by atoms with Crippen LogP contribution in [0.4, 0.5) is 0 Å². The van der Waals surface area contributed by atoms with Gasteiger partial charge in [-0.05, 0) is 99.8 Å². The summed E-state index contributed by atoms with van der Waals surface area (Å²) >= 11 is 0. The number of methoxy groups -OCH3 is 1. The van der Waals surface area contributed by atoms with Gasteiger partial charge in [0.05, 0.1) is 23.9 Å². The van der Waals surface area contributed by atoms with Gasteiger partial charge in [-0.1, -0.05) is 46.2 Å². The number of hydrogen-bond donors (Lipinski definition) is 1. The van der Waals surface area contributed by atoms with Crippen LogP contribution in [0.25, 0.3) is 16.8 Å². The number of fused-ring (bicyclic) bond motifs is 1. The van der Waals surface area contributed by atoms with Gasteiger partial charge >= 0.3 is 5.97 Å². The summed E-state index contributed by atoms with van der Waals surface area (Å²) in [6.45, 7) is 14.1. The first-order valence-electron chi connectivity index (χ1n) is 15.6. The summed E-state index contributed by atoms with van der Waals surface area (Å²) in [4.78, 5) is 17.1. The summed E-state index contributed by atoms with van der Waals surface area (Å²) in [5.74, 6) is 0.808. The summed E-state index contributed by atoms with van der Waals surface area (Å²) < 4.78 is 6.91. The highest BCUT2D eigenvalue weighted by Gasteiger charge is 2.22. The molecule has 0 radical (unpaired) electrons. The maximum Gasteiger partial charge on any atom is 0.337 e. The van der Waals surface area contributed by atoms with Gasteiger partial charge in [0.1, 0.15) is 6.23 Å². The Hall–Kier alpha value is -2.74. The van der Waals surface area contributed by atoms with Gasteiger partial charge in [0, 0.05) is 30.4 Å². The van der Waals surface area contributed by atoms with Crippen molar-refractivity contribution in [1.82, 2.24) is 19.4 Å². The van der Waals surface area contributed by atoms with Gasteiger partial charge in [0.2, 0.25) is 0 Å². The van der Waals surface area contributed by atoms with Gasteiger partial charge < -0.3 is 14.7 Å². The third-order valence-corrected chi connectivity index (χ3v) is 8.30. The molecule has 2 aromatic heterocycles. The quantitative estimate of drug-likeness (QED) is 0.177. The fraction of sp³-hybridized carbons (Fsp3) is 0.588. The van der Waals surface area contributed by atoms with E-state index < -0.39 is 6.23 Å². The number of aliphatic hydroxyl groups is 1. The highest BCUT2D eigenvalue weighted by atomic mass is 16.5. The first-order valence-corrected chi connectivity index (χ1v) is 15.6. The number of esters is 1. The van der Waals surface area contributed by atoms with Crippen molar-refractivity contribution in [2.45, 2.75) is 78.9 Å². The molecule has 0 aliphatic carbocycles. The van der Waals surface area contributed by atoms with E-state index in [2.05, 4.69) is 43.6 Å². The number of hydrogen-bond acceptors (Lipinski definition) is 6. The van der Waals surface area contributed by atoms with Crippen molar-refractivity contribution in [1.29, 1.82) is 0 Å². The molecule has 1 aromatic carbocycles. The third kappa shape index (κ3) is 8.40. The van der Waals surface area contributed by atoms with Gasteiger partial charge in [-0.2, -0.15) is 5.10 Å². The average Bonchev–Trinajstić information content (AvgIpc) is 3.34. The zero-order chi connectivity index (χ0) is 29.4. The van der Waals surface area contributed by atoms with Gasteiger partial charge in [-0.25, -0.2) is 9.31 Å². The van der Waals surface area contributed by atoms with E-state index in [1.807, 2.05) is 35.0 Å². The number of aliphatic hydroxyl groups excluding tert-OH is 1. The van der Waals surface area contributed by atoms with Crippen LogP contribution in [0.5, 0.6) is 0 Å². The molecule has 1 aliphatic heterocycles. The predicted octanol–water partition coefficient (Wildman–Crippen LogP) is 6.59. The molecule has 3 heterocycles. The fourth-order valence-corrected chi connectivity index (χ4v) is 5.74. The SMILES string of the molecule is COC(=O)c1cccc(-c2nn3ccc(C(O)N(CCC(C)C)CCC(C)C)cc3c2CCCN2CCCCC2)c1. The molecule has 7 nitrogen and oxygen atoms in total. The van der Waals surface area contributed by atoms with Crippen molar-refractivity contribution >= 4 is 11.5 Å². The topological polar surface area (TPSA) is 70.3 Å². The molecule has 0 spiro atoms. The zero-order valence-corrected chi connectivity index (χ0v) is 25.8. The molecule has 41 heavy (non-hydrogen) atoms. The van der Waals surface area contributed by atoms with Gasteiger partial charge in [-0.3, -0.25) is 4.90 Å². The van der Waals surface area contributed by atoms with Crippen molar-refractivity contribution in [3.05, 3.63) is 59.3 Å². The second-order valence-electron chi connectivity index (χ2n) is 12.5. The number of carbonyl (C=O) groups is 1. The number of benzene rings is 1. The van der Waals surface area contributed by atoms with Gasteiger partial charge in [0.15, 0.2) is 0 Å². The largest absolute Gasteiger partial charge is 0.465 e. The molecule has 0 bridgehead atoms. The van der Waals surface area contributed by atoms with E-state index in [0.717, 1.165) is 73.2 Å². The van der Waals surface area contributed by atoms with Crippen molar-refractivity contribution in [2.75, 3.05) is 39.8 Å². The van der Waals surface area contributed by atoms with Crippen molar-refractivity contribution in [2.24, 2.45) is 11.8 Å². The van der Waals surface area contributed by atoms with Crippen LogP contribution >= 0.6 is 0 Å². The molecule has 1 fully saturated rings. The molecule has 1 saturated heterocycles. The summed E-state index contributed by atoms with van der Waals surface area (Å²) in [6, 6.07) is 11.7. The molecular weight excluding hydrogens is 512 g/mol. The molecule has 224 valence electrons. The van der Waals surface area contributed by atoms with E-state index in [-0.39, 0.29) is 5.97 Å². The smallest absolute Gasteiger partial charge is 0.337 e. The first-order chi connectivity index (χ1) is 19.8. The Morgan fingerprint density at radius 1 is 1.02 bits per heavy atom. The fourth-order valence-electron chi connectivity index (χ4n) is 5.74. The molecule has 1 N–H and O–H groups in total. The van der Waals surface area contributed by atoms with Crippen LogP contribution in [-0.2, 0) is 11.2 Å². The van der Waals surface area contributed by atoms with Crippen LogP contribution in [0.3, 0.4) is 0 Å². The monoisotopic (exact) mass is 562 g/mol. The lowest BCUT2D eigenvalue weighted by molar-refractivity contribution is -0.00363. The summed E-state index contributed by atoms with van der Waals surface area (Å²) in [7, 11) is 1.41. The van der Waals surface area contributed by atoms with Crippen molar-refractivity contribution < 1.29 is 14.6 Å². The number of nitrogens with zero attached hydrogens (tertiary/aromatic N) is 4. The highest BCUT2D eigenvalue weighted by molar-refractivity contribution is 5.91. The van der Waals surface area contributed by atoms with Crippen LogP contribution in [-0.4, -0.2) is 70.3 Å². The van der Waals surface area contributed by atoms with E-state index >= 15 is 0 Å². The molecule has 1 unspecified atom stereocenters. The number of rotatable bonds is 14. The Labute approximate surface area is 246 Å². The molecule has 3 aromatic rings. The normalized spacial score (nSPS) is 15.3. The van der Waals surface area contributed by atoms with Crippen LogP contribution in [0, 0.1) is 11.8 Å². The first kappa shape index (κ1) is 31.2. The lowest BCUT2D eigenvalue weighted by Crippen LogP contribution is -2.32. The maximum atomic E-state index is 12.3. The van der Waals surface area contributed by atoms with Crippen LogP contribution in [0.2, 0.25) is 0 Å². The number of aryl methyl sites for hydroxylation is 1. The standard InChI is InChI=1S/C34H50N4O3/c1-25(2)14-20-37(21-15-26(3)4)33(39)28-16-22-38-31(24-28)30(13-10-19-36-17-7-6-8-18-36)32(35-38)27-11-9-12-29(23-27)34(40)41-5/h9,11-12,16,22-26,33,39H,6-8,10,13-15,17-21H2,1-5H3. The molecule has 1 aliphatic rings. The van der Waals surface area contributed by atoms with Crippen LogP contribution < -0.4 is 0 Å². The number of ether oxygens (including phenoxy) is 1. The second-order valence-corrected chi connectivity index (χ2v) is 12.5. The molecule has 1 atom stereocenters. The number of pyridine rings is 1. The predicted molar refractivity (Wildman–Crippen MR) is 166 cm³/mol. The summed E-state index contributed by atoms with van der Waals surface area (Å²) in [5.41, 5.74) is 5.39. The van der Waals surface area contributed by atoms with E-state index in [4.69, 9.17) is 9.84 Å². The van der Waals surface area contributed by atoms with E-state index in [9.17, 15) is 9.90 Å². The van der Waals surface area contributed by atoms with Gasteiger partial charge in [-0.15, -0.1) is 0 Å². The Bertz CT molecular complexity index is 1250. The highest BCUT2D eigenvalue weighted by Crippen LogP contribution is 2.31. The molecule has 0 amide bonds. The Morgan fingerprint density at radius 2 is 1.73 bits per heavy atom. The van der Waals surface area contributed by atoms with Crippen LogP contribution in [0.1, 0.15) is 93.9 Å². The minimum absolute atomic E-state index is 0.351. The molecule has 4 rings (SSSR count). The lowest BCUT2D eigenvalue weighted by Gasteiger charge is -2.29. The minimum Gasteiger partial charge on any atom is -0.465 e. The lowest BCUT2D eigenvalue weighted by atomic mass is 9.99. The van der Waals surface area contributed by atoms with Gasteiger partial charge in [0.25, 0.3) is 0 Å². The molecule has 7 heteroatoms. The van der Waals surface area contributed by atoms with Crippen molar-refractivity contribution in [3.63, 3.8) is 0 Å². The maximum absolute atomic E-state index is 12.3. The third-order valence-electron chi connectivity index (χ3n) is 8.30. The van der Waals surface area contributed by atoms with E-state index in [1.165, 1.54) is 39.5 Å². The Balaban J connectivity index is 1.68.